The van der Waals surface area contributed by atoms with Crippen molar-refractivity contribution in [1.29, 1.82) is 0 Å². The molecule has 6 heteroatoms. The van der Waals surface area contributed by atoms with Gasteiger partial charge in [0, 0.05) is 12.0 Å². The molecule has 0 heterocycles. The zero-order valence-electron chi connectivity index (χ0n) is 11.6. The minimum atomic E-state index is -0.753. The Balaban J connectivity index is 3.11. The number of benzene rings is 1. The number of carbonyl (C=O) groups is 1. The van der Waals surface area contributed by atoms with E-state index in [2.05, 4.69) is 4.74 Å². The maximum Gasteiger partial charge on any atom is 0.322 e. The van der Waals surface area contributed by atoms with Crippen LogP contribution in [0.15, 0.2) is 12.1 Å². The predicted molar refractivity (Wildman–Crippen MR) is 69.8 cm³/mol. The number of hydrogen-bond donors (Lipinski definition) is 1. The van der Waals surface area contributed by atoms with Crippen molar-refractivity contribution in [2.24, 2.45) is 5.73 Å². The summed E-state index contributed by atoms with van der Waals surface area (Å²) in [6, 6.07) is 2.76. The normalized spacial score (nSPS) is 11.6. The molecule has 0 aliphatic rings. The van der Waals surface area contributed by atoms with Gasteiger partial charge in [0.05, 0.1) is 28.4 Å². The van der Waals surface area contributed by atoms with Gasteiger partial charge in [0.2, 0.25) is 5.75 Å². The predicted octanol–water partition coefficient (Wildman–Crippen LogP) is 0.755. The third kappa shape index (κ3) is 3.29. The molecule has 0 radical (unpaired) electrons. The van der Waals surface area contributed by atoms with E-state index >= 15 is 0 Å². The molecule has 0 spiro atoms. The van der Waals surface area contributed by atoms with Crippen LogP contribution < -0.4 is 19.9 Å². The van der Waals surface area contributed by atoms with Gasteiger partial charge in [-0.15, -0.1) is 0 Å². The molecule has 0 fully saturated rings. The fraction of sp³-hybridized carbons (Fsp3) is 0.462. The lowest BCUT2D eigenvalue weighted by molar-refractivity contribution is -0.142. The van der Waals surface area contributed by atoms with Gasteiger partial charge in [0.25, 0.3) is 0 Å². The Morgan fingerprint density at radius 2 is 1.74 bits per heavy atom. The highest BCUT2D eigenvalue weighted by molar-refractivity contribution is 5.76. The Kier molecular flexibility index (Phi) is 5.44. The number of rotatable bonds is 6. The van der Waals surface area contributed by atoms with Gasteiger partial charge in [-0.2, -0.15) is 0 Å². The molecule has 1 atom stereocenters. The first-order valence-electron chi connectivity index (χ1n) is 5.70. The molecule has 0 saturated heterocycles. The highest BCUT2D eigenvalue weighted by Gasteiger charge is 2.21. The molecule has 1 aromatic carbocycles. The largest absolute Gasteiger partial charge is 0.493 e. The molecule has 0 amide bonds. The molecule has 0 saturated carbocycles. The van der Waals surface area contributed by atoms with Gasteiger partial charge in [-0.25, -0.2) is 0 Å². The Bertz CT molecular complexity index is 447. The number of esters is 1. The summed E-state index contributed by atoms with van der Waals surface area (Å²) in [5.41, 5.74) is 6.49. The molecule has 1 rings (SSSR count). The third-order valence-corrected chi connectivity index (χ3v) is 2.73. The smallest absolute Gasteiger partial charge is 0.322 e. The van der Waals surface area contributed by atoms with E-state index in [1.165, 1.54) is 28.4 Å². The van der Waals surface area contributed by atoms with Crippen LogP contribution in [0, 0.1) is 0 Å². The van der Waals surface area contributed by atoms with E-state index in [0.717, 1.165) is 5.56 Å². The molecular formula is C13H19NO5. The van der Waals surface area contributed by atoms with Crippen molar-refractivity contribution in [2.45, 2.75) is 12.5 Å². The van der Waals surface area contributed by atoms with E-state index in [4.69, 9.17) is 19.9 Å². The van der Waals surface area contributed by atoms with Crippen LogP contribution in [-0.4, -0.2) is 40.5 Å². The Morgan fingerprint density at radius 3 is 2.21 bits per heavy atom. The second-order valence-corrected chi connectivity index (χ2v) is 3.83. The van der Waals surface area contributed by atoms with E-state index in [1.807, 2.05) is 0 Å². The summed E-state index contributed by atoms with van der Waals surface area (Å²) in [5.74, 6) is 1.05. The average Bonchev–Trinajstić information content (AvgIpc) is 2.45. The van der Waals surface area contributed by atoms with Crippen LogP contribution in [-0.2, 0) is 16.0 Å². The first kappa shape index (κ1) is 15.1. The standard InChI is InChI=1S/C13H19NO5/c1-16-10-6-5-8(7-9(14)13(15)19-4)11(17-2)12(10)18-3/h5-6,9H,7,14H2,1-4H3. The van der Waals surface area contributed by atoms with Crippen molar-refractivity contribution in [3.05, 3.63) is 17.7 Å². The van der Waals surface area contributed by atoms with E-state index in [1.54, 1.807) is 12.1 Å². The van der Waals surface area contributed by atoms with Crippen molar-refractivity contribution in [2.75, 3.05) is 28.4 Å². The maximum absolute atomic E-state index is 11.3. The monoisotopic (exact) mass is 269 g/mol. The van der Waals surface area contributed by atoms with Crippen LogP contribution in [0.25, 0.3) is 0 Å². The molecule has 0 aromatic heterocycles. The zero-order chi connectivity index (χ0) is 14.4. The van der Waals surface area contributed by atoms with Crippen molar-refractivity contribution in [3.63, 3.8) is 0 Å². The van der Waals surface area contributed by atoms with Crippen LogP contribution in [0.4, 0.5) is 0 Å². The number of carbonyl (C=O) groups excluding carboxylic acids is 1. The molecule has 19 heavy (non-hydrogen) atoms. The summed E-state index contributed by atoms with van der Waals surface area (Å²) in [6.45, 7) is 0. The molecule has 2 N–H and O–H groups in total. The molecule has 1 unspecified atom stereocenters. The molecular weight excluding hydrogens is 250 g/mol. The summed E-state index contributed by atoms with van der Waals surface area (Å²) in [7, 11) is 5.88. The summed E-state index contributed by atoms with van der Waals surface area (Å²) < 4.78 is 20.3. The molecule has 0 aliphatic carbocycles. The van der Waals surface area contributed by atoms with Gasteiger partial charge in [0.15, 0.2) is 11.5 Å². The average molecular weight is 269 g/mol. The SMILES string of the molecule is COC(=O)C(N)Cc1ccc(OC)c(OC)c1OC. The van der Waals surface area contributed by atoms with Gasteiger partial charge < -0.3 is 24.7 Å². The molecule has 0 bridgehead atoms. The van der Waals surface area contributed by atoms with Crippen LogP contribution in [0.2, 0.25) is 0 Å². The number of methoxy groups -OCH3 is 4. The minimum Gasteiger partial charge on any atom is -0.493 e. The number of nitrogens with two attached hydrogens (primary N) is 1. The lowest BCUT2D eigenvalue weighted by atomic mass is 10.0. The summed E-state index contributed by atoms with van der Waals surface area (Å²) >= 11 is 0. The summed E-state index contributed by atoms with van der Waals surface area (Å²) in [4.78, 5) is 11.3. The van der Waals surface area contributed by atoms with Crippen molar-refractivity contribution in [3.8, 4) is 17.2 Å². The van der Waals surface area contributed by atoms with Crippen molar-refractivity contribution < 1.29 is 23.7 Å². The minimum absolute atomic E-state index is 0.288. The summed E-state index contributed by atoms with van der Waals surface area (Å²) in [6.07, 6.45) is 0.288. The van der Waals surface area contributed by atoms with Crippen molar-refractivity contribution in [1.82, 2.24) is 0 Å². The van der Waals surface area contributed by atoms with Crippen LogP contribution in [0.1, 0.15) is 5.56 Å². The quantitative estimate of drug-likeness (QED) is 0.768. The number of ether oxygens (including phenoxy) is 4. The topological polar surface area (TPSA) is 80.0 Å². The van der Waals surface area contributed by atoms with E-state index in [9.17, 15) is 4.79 Å². The van der Waals surface area contributed by atoms with Crippen LogP contribution >= 0.6 is 0 Å². The van der Waals surface area contributed by atoms with Crippen molar-refractivity contribution >= 4 is 5.97 Å². The molecule has 6 nitrogen and oxygen atoms in total. The fourth-order valence-electron chi connectivity index (χ4n) is 1.80. The van der Waals surface area contributed by atoms with Gasteiger partial charge in [-0.05, 0) is 6.07 Å². The van der Waals surface area contributed by atoms with E-state index in [0.29, 0.717) is 17.2 Å². The summed E-state index contributed by atoms with van der Waals surface area (Å²) in [5, 5.41) is 0. The highest BCUT2D eigenvalue weighted by Crippen LogP contribution is 2.40. The van der Waals surface area contributed by atoms with E-state index in [-0.39, 0.29) is 6.42 Å². The zero-order valence-corrected chi connectivity index (χ0v) is 11.6. The van der Waals surface area contributed by atoms with Gasteiger partial charge in [-0.1, -0.05) is 6.07 Å². The Morgan fingerprint density at radius 1 is 1.11 bits per heavy atom. The highest BCUT2D eigenvalue weighted by atomic mass is 16.5. The number of hydrogen-bond acceptors (Lipinski definition) is 6. The van der Waals surface area contributed by atoms with Gasteiger partial charge in [0.1, 0.15) is 6.04 Å². The van der Waals surface area contributed by atoms with Crippen LogP contribution in [0.5, 0.6) is 17.2 Å². The molecule has 106 valence electrons. The van der Waals surface area contributed by atoms with Crippen LogP contribution in [0.3, 0.4) is 0 Å². The third-order valence-electron chi connectivity index (χ3n) is 2.73. The second-order valence-electron chi connectivity index (χ2n) is 3.83. The lowest BCUT2D eigenvalue weighted by Crippen LogP contribution is -2.33. The van der Waals surface area contributed by atoms with E-state index < -0.39 is 12.0 Å². The fourth-order valence-corrected chi connectivity index (χ4v) is 1.80. The first-order valence-corrected chi connectivity index (χ1v) is 5.70. The Labute approximate surface area is 112 Å². The molecule has 1 aromatic rings. The lowest BCUT2D eigenvalue weighted by Gasteiger charge is -2.17. The van der Waals surface area contributed by atoms with Gasteiger partial charge in [-0.3, -0.25) is 4.79 Å². The van der Waals surface area contributed by atoms with Gasteiger partial charge >= 0.3 is 5.97 Å². The Hall–Kier alpha value is -1.95. The molecule has 0 aliphatic heterocycles. The first-order chi connectivity index (χ1) is 9.08. The second kappa shape index (κ2) is 6.84. The maximum atomic E-state index is 11.3.